The van der Waals surface area contributed by atoms with Gasteiger partial charge in [0.15, 0.2) is 0 Å². The van der Waals surface area contributed by atoms with E-state index in [9.17, 15) is 14.7 Å². The molecular formula is C28H27NO5. The van der Waals surface area contributed by atoms with Crippen molar-refractivity contribution in [3.63, 3.8) is 0 Å². The summed E-state index contributed by atoms with van der Waals surface area (Å²) in [5, 5.41) is 11.3. The fourth-order valence-corrected chi connectivity index (χ4v) is 4.31. The number of hydrogen-bond acceptors (Lipinski definition) is 5. The number of ketones is 1. The predicted octanol–water partition coefficient (Wildman–Crippen LogP) is 4.68. The van der Waals surface area contributed by atoms with Crippen LogP contribution in [0.1, 0.15) is 28.3 Å². The van der Waals surface area contributed by atoms with E-state index in [0.717, 1.165) is 22.4 Å². The number of carbonyl (C=O) groups excluding carboxylic acids is 2. The molecule has 174 valence electrons. The summed E-state index contributed by atoms with van der Waals surface area (Å²) in [6.07, 6.45) is 0.557. The van der Waals surface area contributed by atoms with Gasteiger partial charge in [0.25, 0.3) is 11.7 Å². The van der Waals surface area contributed by atoms with Crippen molar-refractivity contribution in [1.82, 2.24) is 4.90 Å². The van der Waals surface area contributed by atoms with Gasteiger partial charge >= 0.3 is 0 Å². The first-order valence-corrected chi connectivity index (χ1v) is 11.1. The molecule has 0 aromatic heterocycles. The zero-order chi connectivity index (χ0) is 24.2. The second-order valence-corrected chi connectivity index (χ2v) is 8.18. The van der Waals surface area contributed by atoms with Crippen molar-refractivity contribution in [2.24, 2.45) is 0 Å². The van der Waals surface area contributed by atoms with E-state index in [1.54, 1.807) is 37.3 Å². The van der Waals surface area contributed by atoms with Gasteiger partial charge in [0, 0.05) is 12.1 Å². The zero-order valence-corrected chi connectivity index (χ0v) is 19.4. The quantitative estimate of drug-likeness (QED) is 0.317. The van der Waals surface area contributed by atoms with Gasteiger partial charge in [0.2, 0.25) is 0 Å². The fourth-order valence-electron chi connectivity index (χ4n) is 4.31. The number of aryl methyl sites for hydroxylation is 1. The number of amides is 1. The third kappa shape index (κ3) is 4.39. The van der Waals surface area contributed by atoms with E-state index < -0.39 is 17.7 Å². The normalized spacial score (nSPS) is 17.1. The van der Waals surface area contributed by atoms with E-state index in [4.69, 9.17) is 9.47 Å². The number of rotatable bonds is 7. The van der Waals surface area contributed by atoms with Crippen LogP contribution in [0.15, 0.2) is 78.4 Å². The van der Waals surface area contributed by atoms with Gasteiger partial charge in [0.05, 0.1) is 25.8 Å². The molecule has 1 heterocycles. The van der Waals surface area contributed by atoms with E-state index in [0.29, 0.717) is 24.3 Å². The van der Waals surface area contributed by atoms with Gasteiger partial charge in [-0.05, 0) is 60.4 Å². The minimum absolute atomic E-state index is 0.0965. The number of aliphatic hydroxyl groups is 1. The van der Waals surface area contributed by atoms with Crippen molar-refractivity contribution in [3.05, 3.63) is 101 Å². The highest BCUT2D eigenvalue weighted by Crippen LogP contribution is 2.40. The van der Waals surface area contributed by atoms with Crippen LogP contribution < -0.4 is 9.47 Å². The zero-order valence-electron chi connectivity index (χ0n) is 19.4. The molecule has 3 aromatic carbocycles. The molecule has 0 saturated carbocycles. The molecule has 34 heavy (non-hydrogen) atoms. The van der Waals surface area contributed by atoms with Crippen LogP contribution in [0.5, 0.6) is 11.5 Å². The van der Waals surface area contributed by atoms with Gasteiger partial charge in [-0.15, -0.1) is 0 Å². The highest BCUT2D eigenvalue weighted by atomic mass is 16.5. The first kappa shape index (κ1) is 23.1. The number of likely N-dealkylation sites (tertiary alicyclic amines) is 1. The van der Waals surface area contributed by atoms with Crippen molar-refractivity contribution in [2.45, 2.75) is 19.4 Å². The monoisotopic (exact) mass is 457 g/mol. The molecule has 1 amide bonds. The van der Waals surface area contributed by atoms with Crippen molar-refractivity contribution >= 4 is 17.4 Å². The standard InChI is InChI=1S/C28H27NO5/c1-18-17-22(34-3)13-14-23(18)26(30)24-25(20-7-5-4-6-8-20)29(28(32)27(24)31)16-15-19-9-11-21(33-2)12-10-19/h4-14,17,25,30H,15-16H2,1-3H3/b26-24-. The number of Topliss-reactive ketones (excluding diaryl/α,β-unsaturated/α-hetero) is 1. The van der Waals surface area contributed by atoms with Gasteiger partial charge < -0.3 is 19.5 Å². The van der Waals surface area contributed by atoms with Gasteiger partial charge in [0.1, 0.15) is 17.3 Å². The molecular weight excluding hydrogens is 430 g/mol. The Kier molecular flexibility index (Phi) is 6.68. The molecule has 1 aliphatic heterocycles. The Balaban J connectivity index is 1.74. The van der Waals surface area contributed by atoms with Gasteiger partial charge in [-0.3, -0.25) is 9.59 Å². The topological polar surface area (TPSA) is 76.1 Å². The van der Waals surface area contributed by atoms with Crippen molar-refractivity contribution in [3.8, 4) is 11.5 Å². The number of ether oxygens (including phenoxy) is 2. The minimum atomic E-state index is -0.684. The number of aliphatic hydroxyl groups excluding tert-OH is 1. The molecule has 1 atom stereocenters. The van der Waals surface area contributed by atoms with E-state index in [1.807, 2.05) is 61.5 Å². The summed E-state index contributed by atoms with van der Waals surface area (Å²) in [6, 6.07) is 21.5. The number of benzene rings is 3. The maximum Gasteiger partial charge on any atom is 0.295 e. The highest BCUT2D eigenvalue weighted by Gasteiger charge is 2.45. The summed E-state index contributed by atoms with van der Waals surface area (Å²) in [5.41, 5.74) is 3.12. The van der Waals surface area contributed by atoms with Crippen LogP contribution in [0.4, 0.5) is 0 Å². The maximum absolute atomic E-state index is 13.2. The van der Waals surface area contributed by atoms with Crippen LogP contribution in [-0.4, -0.2) is 42.5 Å². The molecule has 1 fully saturated rings. The summed E-state index contributed by atoms with van der Waals surface area (Å²) in [4.78, 5) is 27.9. The molecule has 1 saturated heterocycles. The second kappa shape index (κ2) is 9.83. The number of carbonyl (C=O) groups is 2. The molecule has 4 rings (SSSR count). The average Bonchev–Trinajstić information content (AvgIpc) is 3.12. The van der Waals surface area contributed by atoms with Crippen LogP contribution in [0.3, 0.4) is 0 Å². The summed E-state index contributed by atoms with van der Waals surface area (Å²) in [5.74, 6) is -0.0809. The van der Waals surface area contributed by atoms with Crippen LogP contribution in [-0.2, 0) is 16.0 Å². The number of methoxy groups -OCH3 is 2. The third-order valence-electron chi connectivity index (χ3n) is 6.14. The van der Waals surface area contributed by atoms with E-state index >= 15 is 0 Å². The van der Waals surface area contributed by atoms with Crippen molar-refractivity contribution in [1.29, 1.82) is 0 Å². The lowest BCUT2D eigenvalue weighted by Crippen LogP contribution is -2.31. The average molecular weight is 458 g/mol. The molecule has 1 unspecified atom stereocenters. The van der Waals surface area contributed by atoms with Crippen LogP contribution in [0, 0.1) is 6.92 Å². The lowest BCUT2D eigenvalue weighted by molar-refractivity contribution is -0.139. The summed E-state index contributed by atoms with van der Waals surface area (Å²) >= 11 is 0. The first-order valence-electron chi connectivity index (χ1n) is 11.1. The lowest BCUT2D eigenvalue weighted by atomic mass is 9.94. The highest BCUT2D eigenvalue weighted by molar-refractivity contribution is 6.46. The number of nitrogens with zero attached hydrogens (tertiary/aromatic N) is 1. The largest absolute Gasteiger partial charge is 0.507 e. The number of hydrogen-bond donors (Lipinski definition) is 1. The molecule has 1 aliphatic rings. The smallest absolute Gasteiger partial charge is 0.295 e. The maximum atomic E-state index is 13.2. The Bertz CT molecular complexity index is 1230. The van der Waals surface area contributed by atoms with Crippen LogP contribution in [0.2, 0.25) is 0 Å². The van der Waals surface area contributed by atoms with Crippen molar-refractivity contribution in [2.75, 3.05) is 20.8 Å². The van der Waals surface area contributed by atoms with E-state index in [2.05, 4.69) is 0 Å². The molecule has 1 N–H and O–H groups in total. The Hall–Kier alpha value is -4.06. The Labute approximate surface area is 199 Å². The molecule has 0 radical (unpaired) electrons. The summed E-state index contributed by atoms with van der Waals surface area (Å²) in [7, 11) is 3.18. The fraction of sp³-hybridized carbons (Fsp3) is 0.214. The summed E-state index contributed by atoms with van der Waals surface area (Å²) < 4.78 is 10.5. The molecule has 0 aliphatic carbocycles. The second-order valence-electron chi connectivity index (χ2n) is 8.18. The predicted molar refractivity (Wildman–Crippen MR) is 130 cm³/mol. The Morgan fingerprint density at radius 1 is 0.912 bits per heavy atom. The first-order chi connectivity index (χ1) is 16.4. The lowest BCUT2D eigenvalue weighted by Gasteiger charge is -2.25. The molecule has 6 heteroatoms. The molecule has 0 spiro atoms. The minimum Gasteiger partial charge on any atom is -0.507 e. The van der Waals surface area contributed by atoms with Crippen molar-refractivity contribution < 1.29 is 24.2 Å². The molecule has 3 aromatic rings. The molecule has 0 bridgehead atoms. The van der Waals surface area contributed by atoms with Gasteiger partial charge in [-0.2, -0.15) is 0 Å². The molecule has 6 nitrogen and oxygen atoms in total. The van der Waals surface area contributed by atoms with Gasteiger partial charge in [-0.1, -0.05) is 42.5 Å². The Morgan fingerprint density at radius 2 is 1.56 bits per heavy atom. The SMILES string of the molecule is COc1ccc(CCN2C(=O)C(=O)/C(=C(\O)c3ccc(OC)cc3C)C2c2ccccc2)cc1. The Morgan fingerprint density at radius 3 is 2.18 bits per heavy atom. The third-order valence-corrected chi connectivity index (χ3v) is 6.14. The summed E-state index contributed by atoms with van der Waals surface area (Å²) in [6.45, 7) is 2.16. The van der Waals surface area contributed by atoms with Crippen LogP contribution in [0.25, 0.3) is 5.76 Å². The van der Waals surface area contributed by atoms with E-state index in [-0.39, 0.29) is 11.3 Å². The van der Waals surface area contributed by atoms with Gasteiger partial charge in [-0.25, -0.2) is 0 Å². The van der Waals surface area contributed by atoms with Crippen LogP contribution >= 0.6 is 0 Å². The van der Waals surface area contributed by atoms with E-state index in [1.165, 1.54) is 0 Å².